The Morgan fingerprint density at radius 1 is 0.941 bits per heavy atom. The van der Waals surface area contributed by atoms with E-state index in [0.29, 0.717) is 13.1 Å². The predicted molar refractivity (Wildman–Crippen MR) is 65.2 cm³/mol. The Bertz CT molecular complexity index is 172. The number of halogens is 3. The lowest BCUT2D eigenvalue weighted by molar-refractivity contribution is -0.146. The molecule has 1 N–H and O–H groups in total. The molecular weight excluding hydrogens is 229 g/mol. The second kappa shape index (κ2) is 9.71. The van der Waals surface area contributed by atoms with E-state index in [9.17, 15) is 13.2 Å². The highest BCUT2D eigenvalue weighted by Crippen LogP contribution is 2.16. The zero-order valence-corrected chi connectivity index (χ0v) is 10.9. The van der Waals surface area contributed by atoms with Crippen LogP contribution in [0.25, 0.3) is 0 Å². The van der Waals surface area contributed by atoms with Crippen molar-refractivity contribution in [3.63, 3.8) is 0 Å². The second-order valence-corrected chi connectivity index (χ2v) is 4.35. The summed E-state index contributed by atoms with van der Waals surface area (Å²) >= 11 is 0. The fraction of sp³-hybridized carbons (Fsp3) is 1.00. The molecule has 0 rings (SSSR count). The summed E-state index contributed by atoms with van der Waals surface area (Å²) in [5.74, 6) is 0. The first-order valence-corrected chi connectivity index (χ1v) is 6.49. The molecule has 0 aliphatic carbocycles. The van der Waals surface area contributed by atoms with Gasteiger partial charge in [0.2, 0.25) is 0 Å². The number of hydrogen-bond acceptors (Lipinski definition) is 2. The monoisotopic (exact) mass is 254 g/mol. The molecular formula is C12H25F3N2. The Kier molecular flexibility index (Phi) is 9.55. The van der Waals surface area contributed by atoms with Crippen LogP contribution in [0.1, 0.15) is 39.5 Å². The van der Waals surface area contributed by atoms with Crippen molar-refractivity contribution in [3.05, 3.63) is 0 Å². The molecule has 0 spiro atoms. The van der Waals surface area contributed by atoms with Crippen LogP contribution >= 0.6 is 0 Å². The fourth-order valence-electron chi connectivity index (χ4n) is 1.73. The topological polar surface area (TPSA) is 15.3 Å². The van der Waals surface area contributed by atoms with Gasteiger partial charge >= 0.3 is 6.18 Å². The molecule has 0 aromatic heterocycles. The highest BCUT2D eigenvalue weighted by atomic mass is 19.4. The lowest BCUT2D eigenvalue weighted by Crippen LogP contribution is -2.35. The molecule has 17 heavy (non-hydrogen) atoms. The van der Waals surface area contributed by atoms with Crippen molar-refractivity contribution in [2.24, 2.45) is 0 Å². The van der Waals surface area contributed by atoms with Gasteiger partial charge in [-0.1, -0.05) is 13.8 Å². The highest BCUT2D eigenvalue weighted by molar-refractivity contribution is 4.63. The maximum Gasteiger partial charge on any atom is 0.401 e. The molecule has 0 aromatic rings. The normalized spacial score (nSPS) is 12.4. The lowest BCUT2D eigenvalue weighted by atomic mass is 10.2. The summed E-state index contributed by atoms with van der Waals surface area (Å²) in [5, 5.41) is 3.25. The van der Waals surface area contributed by atoms with Crippen LogP contribution in [0.4, 0.5) is 13.2 Å². The number of nitrogens with one attached hydrogen (secondary N) is 1. The maximum atomic E-state index is 12.3. The van der Waals surface area contributed by atoms with Crippen molar-refractivity contribution in [2.75, 3.05) is 32.7 Å². The van der Waals surface area contributed by atoms with Gasteiger partial charge in [-0.3, -0.25) is 4.90 Å². The minimum atomic E-state index is -4.07. The molecule has 0 aromatic carbocycles. The molecule has 5 heteroatoms. The van der Waals surface area contributed by atoms with E-state index in [2.05, 4.69) is 12.2 Å². The van der Waals surface area contributed by atoms with Gasteiger partial charge in [0.1, 0.15) is 0 Å². The van der Waals surface area contributed by atoms with Crippen LogP contribution in [0.5, 0.6) is 0 Å². The summed E-state index contributed by atoms with van der Waals surface area (Å²) in [6.07, 6.45) is -0.444. The van der Waals surface area contributed by atoms with Crippen LogP contribution in [0.15, 0.2) is 0 Å². The first kappa shape index (κ1) is 16.7. The van der Waals surface area contributed by atoms with Crippen LogP contribution in [0, 0.1) is 0 Å². The van der Waals surface area contributed by atoms with E-state index < -0.39 is 12.7 Å². The number of unbranched alkanes of at least 4 members (excludes halogenated alkanes) is 1. The summed E-state index contributed by atoms with van der Waals surface area (Å²) in [4.78, 5) is 1.50. The molecule has 0 aliphatic rings. The maximum absolute atomic E-state index is 12.3. The molecule has 0 saturated carbocycles. The quantitative estimate of drug-likeness (QED) is 0.603. The van der Waals surface area contributed by atoms with Crippen molar-refractivity contribution in [2.45, 2.75) is 45.7 Å². The Balaban J connectivity index is 3.63. The largest absolute Gasteiger partial charge is 0.401 e. The van der Waals surface area contributed by atoms with E-state index in [1.807, 2.05) is 6.92 Å². The molecule has 0 radical (unpaired) electrons. The van der Waals surface area contributed by atoms with Crippen molar-refractivity contribution in [1.29, 1.82) is 0 Å². The fourth-order valence-corrected chi connectivity index (χ4v) is 1.73. The van der Waals surface area contributed by atoms with E-state index >= 15 is 0 Å². The van der Waals surface area contributed by atoms with Crippen LogP contribution < -0.4 is 5.32 Å². The highest BCUT2D eigenvalue weighted by Gasteiger charge is 2.29. The van der Waals surface area contributed by atoms with Crippen molar-refractivity contribution >= 4 is 0 Å². The number of alkyl halides is 3. The van der Waals surface area contributed by atoms with E-state index in [1.54, 1.807) is 0 Å². The summed E-state index contributed by atoms with van der Waals surface area (Å²) < 4.78 is 36.8. The Morgan fingerprint density at radius 2 is 1.65 bits per heavy atom. The van der Waals surface area contributed by atoms with E-state index in [-0.39, 0.29) is 0 Å². The number of nitrogens with zero attached hydrogens (tertiary/aromatic N) is 1. The van der Waals surface area contributed by atoms with Crippen LogP contribution in [-0.4, -0.2) is 43.8 Å². The van der Waals surface area contributed by atoms with Gasteiger partial charge in [-0.05, 0) is 51.9 Å². The lowest BCUT2D eigenvalue weighted by Gasteiger charge is -2.22. The number of hydrogen-bond donors (Lipinski definition) is 1. The smallest absolute Gasteiger partial charge is 0.317 e. The molecule has 0 unspecified atom stereocenters. The second-order valence-electron chi connectivity index (χ2n) is 4.35. The summed E-state index contributed by atoms with van der Waals surface area (Å²) in [7, 11) is 0. The van der Waals surface area contributed by atoms with Crippen molar-refractivity contribution in [3.8, 4) is 0 Å². The van der Waals surface area contributed by atoms with Crippen molar-refractivity contribution in [1.82, 2.24) is 10.2 Å². The Labute approximate surface area is 103 Å². The molecule has 0 fully saturated rings. The summed E-state index contributed by atoms with van der Waals surface area (Å²) in [5.41, 5.74) is 0. The van der Waals surface area contributed by atoms with Gasteiger partial charge in [-0.2, -0.15) is 13.2 Å². The molecule has 2 nitrogen and oxygen atoms in total. The van der Waals surface area contributed by atoms with E-state index in [4.69, 9.17) is 0 Å². The zero-order chi connectivity index (χ0) is 13.1. The molecule has 0 amide bonds. The molecule has 0 bridgehead atoms. The first-order chi connectivity index (χ1) is 7.99. The Hall–Kier alpha value is -0.290. The average Bonchev–Trinajstić information content (AvgIpc) is 2.21. The third-order valence-corrected chi connectivity index (χ3v) is 2.45. The van der Waals surface area contributed by atoms with Gasteiger partial charge in [0.25, 0.3) is 0 Å². The average molecular weight is 254 g/mol. The van der Waals surface area contributed by atoms with Crippen molar-refractivity contribution < 1.29 is 13.2 Å². The first-order valence-electron chi connectivity index (χ1n) is 6.49. The molecule has 0 heterocycles. The third kappa shape index (κ3) is 12.0. The third-order valence-electron chi connectivity index (χ3n) is 2.45. The predicted octanol–water partition coefficient (Wildman–Crippen LogP) is 3.04. The minimum Gasteiger partial charge on any atom is -0.317 e. The minimum absolute atomic E-state index is 0.530. The summed E-state index contributed by atoms with van der Waals surface area (Å²) in [6.45, 7) is 6.19. The SMILES string of the molecule is CCCNCCCCN(CCC)CC(F)(F)F. The van der Waals surface area contributed by atoms with Gasteiger partial charge < -0.3 is 5.32 Å². The van der Waals surface area contributed by atoms with Gasteiger partial charge in [-0.15, -0.1) is 0 Å². The molecule has 0 atom stereocenters. The molecule has 0 saturated heterocycles. The molecule has 0 aliphatic heterocycles. The van der Waals surface area contributed by atoms with Gasteiger partial charge in [0.05, 0.1) is 6.54 Å². The number of rotatable bonds is 10. The van der Waals surface area contributed by atoms with Crippen LogP contribution in [-0.2, 0) is 0 Å². The standard InChI is InChI=1S/C12H25F3N2/c1-3-7-16-8-5-6-10-17(9-4-2)11-12(13,14)15/h16H,3-11H2,1-2H3. The Morgan fingerprint density at radius 3 is 2.18 bits per heavy atom. The van der Waals surface area contributed by atoms with Crippen LogP contribution in [0.3, 0.4) is 0 Å². The van der Waals surface area contributed by atoms with Gasteiger partial charge in [0, 0.05) is 0 Å². The van der Waals surface area contributed by atoms with Gasteiger partial charge in [0.15, 0.2) is 0 Å². The summed E-state index contributed by atoms with van der Waals surface area (Å²) in [6, 6.07) is 0. The zero-order valence-electron chi connectivity index (χ0n) is 10.9. The molecule has 104 valence electrons. The van der Waals surface area contributed by atoms with Crippen LogP contribution in [0.2, 0.25) is 0 Å². The van der Waals surface area contributed by atoms with E-state index in [1.165, 1.54) is 4.90 Å². The van der Waals surface area contributed by atoms with Gasteiger partial charge in [-0.25, -0.2) is 0 Å². The van der Waals surface area contributed by atoms with E-state index in [0.717, 1.165) is 38.8 Å².